The highest BCUT2D eigenvalue weighted by atomic mass is 19.1. The van der Waals surface area contributed by atoms with Crippen LogP contribution in [0.5, 0.6) is 0 Å². The molecule has 1 unspecified atom stereocenters. The van der Waals surface area contributed by atoms with Crippen molar-refractivity contribution < 1.29 is 4.39 Å². The van der Waals surface area contributed by atoms with Crippen LogP contribution in [0.25, 0.3) is 0 Å². The highest BCUT2D eigenvalue weighted by Crippen LogP contribution is 2.19. The van der Waals surface area contributed by atoms with Crippen LogP contribution in [0.4, 0.5) is 10.2 Å². The quantitative estimate of drug-likeness (QED) is 0.867. The number of aromatic nitrogens is 2. The van der Waals surface area contributed by atoms with Gasteiger partial charge in [0.15, 0.2) is 11.6 Å². The number of hydrogen-bond acceptors (Lipinski definition) is 4. The van der Waals surface area contributed by atoms with Crippen LogP contribution in [-0.2, 0) is 6.42 Å². The molecule has 2 rings (SSSR count). The lowest BCUT2D eigenvalue weighted by Crippen LogP contribution is -2.38. The zero-order valence-electron chi connectivity index (χ0n) is 11.1. The Morgan fingerprint density at radius 1 is 1.44 bits per heavy atom. The van der Waals surface area contributed by atoms with Crippen LogP contribution >= 0.6 is 0 Å². The minimum absolute atomic E-state index is 0.264. The van der Waals surface area contributed by atoms with Crippen LogP contribution in [0, 0.1) is 5.82 Å². The van der Waals surface area contributed by atoms with E-state index in [0.717, 1.165) is 26.1 Å². The first-order valence-corrected chi connectivity index (χ1v) is 6.74. The Morgan fingerprint density at radius 2 is 2.28 bits per heavy atom. The molecular weight excluding hydrogens is 231 g/mol. The number of aryl methyl sites for hydroxylation is 1. The molecule has 0 radical (unpaired) electrons. The summed E-state index contributed by atoms with van der Waals surface area (Å²) in [5, 5.41) is 3.43. The van der Waals surface area contributed by atoms with E-state index in [2.05, 4.69) is 15.3 Å². The lowest BCUT2D eigenvalue weighted by Gasteiger charge is -2.26. The van der Waals surface area contributed by atoms with E-state index in [9.17, 15) is 4.39 Å². The predicted octanol–water partition coefficient (Wildman–Crippen LogP) is 1.76. The van der Waals surface area contributed by atoms with Gasteiger partial charge < -0.3 is 10.2 Å². The number of nitrogens with zero attached hydrogens (tertiary/aromatic N) is 3. The molecule has 5 heteroatoms. The van der Waals surface area contributed by atoms with Crippen LogP contribution in [0.1, 0.15) is 32.4 Å². The van der Waals surface area contributed by atoms with Gasteiger partial charge in [-0.3, -0.25) is 0 Å². The summed E-state index contributed by atoms with van der Waals surface area (Å²) < 4.78 is 14.2. The number of nitrogens with one attached hydrogen (secondary N) is 1. The molecule has 4 nitrogen and oxygen atoms in total. The summed E-state index contributed by atoms with van der Waals surface area (Å²) in [5.74, 6) is 0.179. The van der Waals surface area contributed by atoms with Gasteiger partial charge >= 0.3 is 0 Å². The van der Waals surface area contributed by atoms with Gasteiger partial charge in [-0.2, -0.15) is 0 Å². The summed E-state index contributed by atoms with van der Waals surface area (Å²) in [5.41, 5.74) is 0.498. The fourth-order valence-electron chi connectivity index (χ4n) is 2.41. The summed E-state index contributed by atoms with van der Waals surface area (Å²) >= 11 is 0. The molecule has 2 heterocycles. The van der Waals surface area contributed by atoms with E-state index in [1.807, 2.05) is 18.7 Å². The minimum Gasteiger partial charge on any atom is -0.353 e. The molecule has 0 aromatic carbocycles. The number of halogens is 1. The van der Waals surface area contributed by atoms with Crippen LogP contribution in [-0.4, -0.2) is 35.6 Å². The molecule has 1 aromatic rings. The molecule has 1 saturated heterocycles. The molecular formula is C13H21FN4. The van der Waals surface area contributed by atoms with E-state index in [4.69, 9.17) is 0 Å². The lowest BCUT2D eigenvalue weighted by atomic mass is 10.2. The highest BCUT2D eigenvalue weighted by molar-refractivity contribution is 5.41. The number of rotatable bonds is 5. The zero-order chi connectivity index (χ0) is 13.0. The van der Waals surface area contributed by atoms with Gasteiger partial charge in [-0.25, -0.2) is 14.4 Å². The molecule has 0 amide bonds. The van der Waals surface area contributed by atoms with Crippen LogP contribution in [0.15, 0.2) is 6.33 Å². The molecule has 0 aliphatic carbocycles. The largest absolute Gasteiger partial charge is 0.353 e. The molecule has 1 aromatic heterocycles. The minimum atomic E-state index is -0.264. The average Bonchev–Trinajstić information content (AvgIpc) is 2.89. The van der Waals surface area contributed by atoms with Gasteiger partial charge in [0.2, 0.25) is 0 Å². The third-order valence-corrected chi connectivity index (χ3v) is 3.46. The van der Waals surface area contributed by atoms with Crippen LogP contribution in [0.3, 0.4) is 0 Å². The van der Waals surface area contributed by atoms with Gasteiger partial charge in [0.1, 0.15) is 6.33 Å². The smallest absolute Gasteiger partial charge is 0.187 e. The van der Waals surface area contributed by atoms with Crippen molar-refractivity contribution in [2.75, 3.05) is 24.5 Å². The summed E-state index contributed by atoms with van der Waals surface area (Å²) in [6.45, 7) is 6.57. The summed E-state index contributed by atoms with van der Waals surface area (Å²) in [6, 6.07) is 0.449. The molecule has 1 N–H and O–H groups in total. The van der Waals surface area contributed by atoms with E-state index in [1.165, 1.54) is 12.7 Å². The van der Waals surface area contributed by atoms with E-state index in [-0.39, 0.29) is 5.82 Å². The Balaban J connectivity index is 2.15. The second kappa shape index (κ2) is 6.09. The van der Waals surface area contributed by atoms with Crippen LogP contribution in [0.2, 0.25) is 0 Å². The SMILES string of the molecule is CCc1ncnc(N(CC)CC2CCCN2)c1F. The van der Waals surface area contributed by atoms with Gasteiger partial charge in [0, 0.05) is 19.1 Å². The summed E-state index contributed by atoms with van der Waals surface area (Å²) in [6.07, 6.45) is 4.42. The van der Waals surface area contributed by atoms with Gasteiger partial charge in [-0.1, -0.05) is 6.92 Å². The summed E-state index contributed by atoms with van der Waals surface area (Å²) in [7, 11) is 0. The molecule has 18 heavy (non-hydrogen) atoms. The maximum atomic E-state index is 14.2. The van der Waals surface area contributed by atoms with Gasteiger partial charge in [0.25, 0.3) is 0 Å². The van der Waals surface area contributed by atoms with Crippen molar-refractivity contribution >= 4 is 5.82 Å². The molecule has 1 aliphatic rings. The fourth-order valence-corrected chi connectivity index (χ4v) is 2.41. The molecule has 0 spiro atoms. The second-order valence-electron chi connectivity index (χ2n) is 4.64. The Labute approximate surface area is 108 Å². The third kappa shape index (κ3) is 2.77. The van der Waals surface area contributed by atoms with E-state index in [1.54, 1.807) is 0 Å². The molecule has 1 atom stereocenters. The van der Waals surface area contributed by atoms with Crippen molar-refractivity contribution in [2.24, 2.45) is 0 Å². The van der Waals surface area contributed by atoms with E-state index >= 15 is 0 Å². The van der Waals surface area contributed by atoms with Crippen molar-refractivity contribution in [3.8, 4) is 0 Å². The highest BCUT2D eigenvalue weighted by Gasteiger charge is 2.21. The van der Waals surface area contributed by atoms with Crippen LogP contribution < -0.4 is 10.2 Å². The van der Waals surface area contributed by atoms with Gasteiger partial charge in [-0.15, -0.1) is 0 Å². The first-order valence-electron chi connectivity index (χ1n) is 6.74. The molecule has 1 fully saturated rings. The Morgan fingerprint density at radius 3 is 2.89 bits per heavy atom. The van der Waals surface area contributed by atoms with E-state index < -0.39 is 0 Å². The maximum Gasteiger partial charge on any atom is 0.187 e. The fraction of sp³-hybridized carbons (Fsp3) is 0.692. The second-order valence-corrected chi connectivity index (χ2v) is 4.64. The molecule has 0 bridgehead atoms. The summed E-state index contributed by atoms with van der Waals surface area (Å²) in [4.78, 5) is 10.1. The van der Waals surface area contributed by atoms with Crippen molar-refractivity contribution in [3.63, 3.8) is 0 Å². The lowest BCUT2D eigenvalue weighted by molar-refractivity contribution is 0.553. The topological polar surface area (TPSA) is 41.1 Å². The Bertz CT molecular complexity index is 391. The van der Waals surface area contributed by atoms with Crippen molar-refractivity contribution in [1.82, 2.24) is 15.3 Å². The van der Waals surface area contributed by atoms with Crippen molar-refractivity contribution in [2.45, 2.75) is 39.2 Å². The standard InChI is InChI=1S/C13H21FN4/c1-3-11-12(14)13(17-9-16-11)18(4-2)8-10-6-5-7-15-10/h9-10,15H,3-8H2,1-2H3. The Kier molecular flexibility index (Phi) is 4.47. The first kappa shape index (κ1) is 13.2. The third-order valence-electron chi connectivity index (χ3n) is 3.46. The molecule has 0 saturated carbocycles. The predicted molar refractivity (Wildman–Crippen MR) is 70.3 cm³/mol. The van der Waals surface area contributed by atoms with Crippen molar-refractivity contribution in [3.05, 3.63) is 17.8 Å². The molecule has 1 aliphatic heterocycles. The van der Waals surface area contributed by atoms with Gasteiger partial charge in [-0.05, 0) is 32.7 Å². The maximum absolute atomic E-state index is 14.2. The van der Waals surface area contributed by atoms with E-state index in [0.29, 0.717) is 24.0 Å². The normalized spacial score (nSPS) is 19.2. The van der Waals surface area contributed by atoms with Gasteiger partial charge in [0.05, 0.1) is 5.69 Å². The first-order chi connectivity index (χ1) is 8.76. The van der Waals surface area contributed by atoms with Crippen molar-refractivity contribution in [1.29, 1.82) is 0 Å². The molecule has 100 valence electrons. The average molecular weight is 252 g/mol. The monoisotopic (exact) mass is 252 g/mol. The number of likely N-dealkylation sites (N-methyl/N-ethyl adjacent to an activating group) is 1. The Hall–Kier alpha value is -1.23. The number of anilines is 1. The number of hydrogen-bond donors (Lipinski definition) is 1. The zero-order valence-corrected chi connectivity index (χ0v) is 11.1.